The minimum atomic E-state index is -0.949. The maximum atomic E-state index is 10.5. The number of carbonyl (C=O) groups is 1. The zero-order valence-corrected chi connectivity index (χ0v) is 7.89. The predicted octanol–water partition coefficient (Wildman–Crippen LogP) is 0.370. The van der Waals surface area contributed by atoms with E-state index in [9.17, 15) is 4.79 Å². The van der Waals surface area contributed by atoms with E-state index in [-0.39, 0.29) is 0 Å². The van der Waals surface area contributed by atoms with Crippen molar-refractivity contribution >= 4 is 11.8 Å². The second-order valence-corrected chi connectivity index (χ2v) is 2.65. The lowest BCUT2D eigenvalue weighted by atomic mass is 10.3. The first-order valence-corrected chi connectivity index (χ1v) is 3.99. The number of ether oxygens (including phenoxy) is 1. The third-order valence-electron chi connectivity index (χ3n) is 1.56. The van der Waals surface area contributed by atoms with E-state index in [0.717, 1.165) is 0 Å². The molecule has 0 aliphatic carbocycles. The van der Waals surface area contributed by atoms with Crippen molar-refractivity contribution in [1.82, 2.24) is 9.97 Å². The third-order valence-corrected chi connectivity index (χ3v) is 1.56. The standard InChI is InChI=1S/C8H11N3O3/c1-5(8(12)13)10-6-3-9-4-7(11-6)14-2/h3-5H,1-2H3,(H,10,11)(H,12,13). The number of hydrogen-bond donors (Lipinski definition) is 2. The average Bonchev–Trinajstić information content (AvgIpc) is 2.18. The Morgan fingerprint density at radius 2 is 2.36 bits per heavy atom. The van der Waals surface area contributed by atoms with Gasteiger partial charge in [-0.15, -0.1) is 0 Å². The number of aromatic nitrogens is 2. The van der Waals surface area contributed by atoms with Gasteiger partial charge in [0.15, 0.2) is 0 Å². The highest BCUT2D eigenvalue weighted by Gasteiger charge is 2.10. The number of nitrogens with zero attached hydrogens (tertiary/aromatic N) is 2. The van der Waals surface area contributed by atoms with Crippen LogP contribution in [0.2, 0.25) is 0 Å². The first-order chi connectivity index (χ1) is 6.63. The van der Waals surface area contributed by atoms with E-state index in [4.69, 9.17) is 9.84 Å². The van der Waals surface area contributed by atoms with Gasteiger partial charge in [0.05, 0.1) is 19.5 Å². The van der Waals surface area contributed by atoms with Crippen molar-refractivity contribution in [2.24, 2.45) is 0 Å². The van der Waals surface area contributed by atoms with E-state index in [2.05, 4.69) is 15.3 Å². The third kappa shape index (κ3) is 2.58. The molecule has 1 heterocycles. The summed E-state index contributed by atoms with van der Waals surface area (Å²) < 4.78 is 4.84. The lowest BCUT2D eigenvalue weighted by molar-refractivity contribution is -0.137. The van der Waals surface area contributed by atoms with E-state index in [0.29, 0.717) is 11.7 Å². The minimum absolute atomic E-state index is 0.340. The molecule has 0 saturated heterocycles. The molecule has 1 unspecified atom stereocenters. The van der Waals surface area contributed by atoms with Crippen LogP contribution in [0.25, 0.3) is 0 Å². The van der Waals surface area contributed by atoms with Gasteiger partial charge in [-0.1, -0.05) is 0 Å². The Balaban J connectivity index is 2.71. The van der Waals surface area contributed by atoms with Gasteiger partial charge in [0.2, 0.25) is 5.88 Å². The van der Waals surface area contributed by atoms with Crippen LogP contribution in [0.15, 0.2) is 12.4 Å². The van der Waals surface area contributed by atoms with Gasteiger partial charge in [-0.3, -0.25) is 9.78 Å². The summed E-state index contributed by atoms with van der Waals surface area (Å²) in [4.78, 5) is 18.3. The van der Waals surface area contributed by atoms with E-state index >= 15 is 0 Å². The quantitative estimate of drug-likeness (QED) is 0.725. The summed E-state index contributed by atoms with van der Waals surface area (Å²) in [5.41, 5.74) is 0. The summed E-state index contributed by atoms with van der Waals surface area (Å²) in [7, 11) is 1.47. The fourth-order valence-electron chi connectivity index (χ4n) is 0.800. The highest BCUT2D eigenvalue weighted by molar-refractivity contribution is 5.76. The number of aliphatic carboxylic acids is 1. The zero-order chi connectivity index (χ0) is 10.6. The fraction of sp³-hybridized carbons (Fsp3) is 0.375. The molecule has 1 rings (SSSR count). The van der Waals surface area contributed by atoms with Gasteiger partial charge in [-0.2, -0.15) is 4.98 Å². The molecule has 0 fully saturated rings. The highest BCUT2D eigenvalue weighted by atomic mass is 16.5. The van der Waals surface area contributed by atoms with Crippen molar-refractivity contribution in [2.75, 3.05) is 12.4 Å². The van der Waals surface area contributed by atoms with Crippen LogP contribution in [-0.2, 0) is 4.79 Å². The van der Waals surface area contributed by atoms with Crippen LogP contribution < -0.4 is 10.1 Å². The lowest BCUT2D eigenvalue weighted by Gasteiger charge is -2.09. The number of rotatable bonds is 4. The summed E-state index contributed by atoms with van der Waals surface area (Å²) in [5.74, 6) is -0.235. The molecule has 0 spiro atoms. The van der Waals surface area contributed by atoms with Crippen LogP contribution in [0.5, 0.6) is 5.88 Å². The molecule has 1 atom stereocenters. The van der Waals surface area contributed by atoms with Crippen LogP contribution in [0.3, 0.4) is 0 Å². The van der Waals surface area contributed by atoms with Crippen LogP contribution in [0.4, 0.5) is 5.82 Å². The Morgan fingerprint density at radius 3 is 2.93 bits per heavy atom. The molecule has 0 aliphatic rings. The molecule has 6 nitrogen and oxygen atoms in total. The molecule has 14 heavy (non-hydrogen) atoms. The second-order valence-electron chi connectivity index (χ2n) is 2.65. The molecule has 0 aliphatic heterocycles. The topological polar surface area (TPSA) is 84.3 Å². The lowest BCUT2D eigenvalue weighted by Crippen LogP contribution is -2.25. The van der Waals surface area contributed by atoms with Gasteiger partial charge in [-0.25, -0.2) is 0 Å². The Morgan fingerprint density at radius 1 is 1.64 bits per heavy atom. The Labute approximate surface area is 80.9 Å². The Hall–Kier alpha value is -1.85. The second kappa shape index (κ2) is 4.40. The number of hydrogen-bond acceptors (Lipinski definition) is 5. The van der Waals surface area contributed by atoms with Gasteiger partial charge >= 0.3 is 5.97 Å². The number of carboxylic acids is 1. The zero-order valence-electron chi connectivity index (χ0n) is 7.89. The van der Waals surface area contributed by atoms with Gasteiger partial charge in [0, 0.05) is 0 Å². The summed E-state index contributed by atoms with van der Waals surface area (Å²) in [5, 5.41) is 11.3. The number of anilines is 1. The van der Waals surface area contributed by atoms with Crippen molar-refractivity contribution < 1.29 is 14.6 Å². The fourth-order valence-corrected chi connectivity index (χ4v) is 0.800. The van der Waals surface area contributed by atoms with Crippen molar-refractivity contribution in [2.45, 2.75) is 13.0 Å². The Bertz CT molecular complexity index is 329. The summed E-state index contributed by atoms with van der Waals surface area (Å²) in [6, 6.07) is -0.712. The highest BCUT2D eigenvalue weighted by Crippen LogP contribution is 2.08. The average molecular weight is 197 g/mol. The largest absolute Gasteiger partial charge is 0.480 e. The van der Waals surface area contributed by atoms with E-state index in [1.54, 1.807) is 0 Å². The van der Waals surface area contributed by atoms with Crippen LogP contribution in [-0.4, -0.2) is 34.2 Å². The van der Waals surface area contributed by atoms with Crippen molar-refractivity contribution in [1.29, 1.82) is 0 Å². The van der Waals surface area contributed by atoms with Gasteiger partial charge in [-0.05, 0) is 6.92 Å². The molecule has 0 bridgehead atoms. The van der Waals surface area contributed by atoms with Crippen molar-refractivity contribution in [3.05, 3.63) is 12.4 Å². The van der Waals surface area contributed by atoms with E-state index in [1.807, 2.05) is 0 Å². The van der Waals surface area contributed by atoms with Crippen LogP contribution >= 0.6 is 0 Å². The molecule has 2 N–H and O–H groups in total. The smallest absolute Gasteiger partial charge is 0.325 e. The molecule has 0 aromatic carbocycles. The predicted molar refractivity (Wildman–Crippen MR) is 49.3 cm³/mol. The maximum Gasteiger partial charge on any atom is 0.325 e. The minimum Gasteiger partial charge on any atom is -0.480 e. The van der Waals surface area contributed by atoms with E-state index < -0.39 is 12.0 Å². The summed E-state index contributed by atoms with van der Waals surface area (Å²) in [6.07, 6.45) is 2.87. The first kappa shape index (κ1) is 10.2. The SMILES string of the molecule is COc1cncc(NC(C)C(=O)O)n1. The van der Waals surface area contributed by atoms with Gasteiger partial charge in [0.25, 0.3) is 0 Å². The number of nitrogens with one attached hydrogen (secondary N) is 1. The van der Waals surface area contributed by atoms with Gasteiger partial charge in [0.1, 0.15) is 11.9 Å². The monoisotopic (exact) mass is 197 g/mol. The van der Waals surface area contributed by atoms with Crippen LogP contribution in [0, 0.1) is 0 Å². The molecule has 1 aromatic heterocycles. The number of methoxy groups -OCH3 is 1. The first-order valence-electron chi connectivity index (χ1n) is 3.99. The van der Waals surface area contributed by atoms with Crippen LogP contribution in [0.1, 0.15) is 6.92 Å². The number of carboxylic acid groups (broad SMARTS) is 1. The van der Waals surface area contributed by atoms with Crippen molar-refractivity contribution in [3.8, 4) is 5.88 Å². The van der Waals surface area contributed by atoms with Crippen molar-refractivity contribution in [3.63, 3.8) is 0 Å². The molecular weight excluding hydrogens is 186 g/mol. The molecule has 0 radical (unpaired) electrons. The molecular formula is C8H11N3O3. The summed E-state index contributed by atoms with van der Waals surface area (Å²) in [6.45, 7) is 1.52. The summed E-state index contributed by atoms with van der Waals surface area (Å²) >= 11 is 0. The molecule has 0 saturated carbocycles. The van der Waals surface area contributed by atoms with Gasteiger partial charge < -0.3 is 15.2 Å². The van der Waals surface area contributed by atoms with E-state index in [1.165, 1.54) is 26.4 Å². The molecule has 0 amide bonds. The normalized spacial score (nSPS) is 11.9. The molecule has 6 heteroatoms. The molecule has 1 aromatic rings. The Kier molecular flexibility index (Phi) is 3.22. The molecule has 76 valence electrons. The maximum absolute atomic E-state index is 10.5.